The van der Waals surface area contributed by atoms with Gasteiger partial charge in [-0.3, -0.25) is 4.68 Å². The van der Waals surface area contributed by atoms with Crippen molar-refractivity contribution in [3.05, 3.63) is 11.3 Å². The first-order chi connectivity index (χ1) is 9.08. The SMILES string of the molecule is CCN1CCC(N(C)c2c(CBr)c(C)nn2C)CC1. The van der Waals surface area contributed by atoms with Gasteiger partial charge in [0.2, 0.25) is 0 Å². The highest BCUT2D eigenvalue weighted by molar-refractivity contribution is 9.08. The second-order valence-electron chi connectivity index (χ2n) is 5.42. The van der Waals surface area contributed by atoms with Crippen LogP contribution in [0.3, 0.4) is 0 Å². The second-order valence-corrected chi connectivity index (χ2v) is 5.98. The van der Waals surface area contributed by atoms with Crippen LogP contribution in [-0.4, -0.2) is 47.4 Å². The average Bonchev–Trinajstić information content (AvgIpc) is 2.72. The van der Waals surface area contributed by atoms with Crippen LogP contribution in [0, 0.1) is 6.92 Å². The Morgan fingerprint density at radius 1 is 1.37 bits per heavy atom. The molecule has 1 aliphatic rings. The molecule has 0 aromatic carbocycles. The molecule has 0 atom stereocenters. The Bertz CT molecular complexity index is 421. The molecule has 1 saturated heterocycles. The molecule has 0 bridgehead atoms. The van der Waals surface area contributed by atoms with E-state index in [9.17, 15) is 0 Å². The molecule has 4 nitrogen and oxygen atoms in total. The first kappa shape index (κ1) is 14.9. The third-order valence-electron chi connectivity index (χ3n) is 4.33. The van der Waals surface area contributed by atoms with Gasteiger partial charge in [0.15, 0.2) is 0 Å². The van der Waals surface area contributed by atoms with E-state index in [1.165, 1.54) is 43.9 Å². The predicted molar refractivity (Wildman–Crippen MR) is 84.1 cm³/mol. The third kappa shape index (κ3) is 2.97. The van der Waals surface area contributed by atoms with Gasteiger partial charge >= 0.3 is 0 Å². The molecule has 0 spiro atoms. The number of piperidine rings is 1. The van der Waals surface area contributed by atoms with E-state index in [2.05, 4.69) is 51.7 Å². The van der Waals surface area contributed by atoms with Gasteiger partial charge in [0, 0.05) is 44.1 Å². The number of alkyl halides is 1. The molecular weight excluding hydrogens is 304 g/mol. The second kappa shape index (κ2) is 6.27. The Morgan fingerprint density at radius 3 is 2.53 bits per heavy atom. The number of nitrogens with zero attached hydrogens (tertiary/aromatic N) is 4. The van der Waals surface area contributed by atoms with E-state index in [0.717, 1.165) is 11.0 Å². The highest BCUT2D eigenvalue weighted by atomic mass is 79.9. The van der Waals surface area contributed by atoms with E-state index < -0.39 is 0 Å². The number of likely N-dealkylation sites (tertiary alicyclic amines) is 1. The molecular formula is C14H25BrN4. The fourth-order valence-electron chi connectivity index (χ4n) is 3.08. The fourth-order valence-corrected chi connectivity index (χ4v) is 3.74. The molecule has 0 unspecified atom stereocenters. The topological polar surface area (TPSA) is 24.3 Å². The lowest BCUT2D eigenvalue weighted by atomic mass is 10.0. The summed E-state index contributed by atoms with van der Waals surface area (Å²) < 4.78 is 2.03. The molecule has 2 rings (SSSR count). The molecule has 0 radical (unpaired) electrons. The van der Waals surface area contributed by atoms with E-state index in [4.69, 9.17) is 0 Å². The van der Waals surface area contributed by atoms with Gasteiger partial charge in [-0.15, -0.1) is 0 Å². The van der Waals surface area contributed by atoms with E-state index in [1.807, 2.05) is 11.7 Å². The highest BCUT2D eigenvalue weighted by Crippen LogP contribution is 2.28. The summed E-state index contributed by atoms with van der Waals surface area (Å²) in [6, 6.07) is 0.635. The largest absolute Gasteiger partial charge is 0.357 e. The van der Waals surface area contributed by atoms with Crippen LogP contribution in [0.2, 0.25) is 0 Å². The Balaban J connectivity index is 2.14. The molecule has 1 aliphatic heterocycles. The molecule has 19 heavy (non-hydrogen) atoms. The van der Waals surface area contributed by atoms with Crippen LogP contribution >= 0.6 is 15.9 Å². The number of halogens is 1. The first-order valence-corrected chi connectivity index (χ1v) is 8.24. The van der Waals surface area contributed by atoms with Gasteiger partial charge in [0.25, 0.3) is 0 Å². The van der Waals surface area contributed by atoms with Crippen molar-refractivity contribution >= 4 is 21.7 Å². The van der Waals surface area contributed by atoms with Crippen LogP contribution in [-0.2, 0) is 12.4 Å². The highest BCUT2D eigenvalue weighted by Gasteiger charge is 2.25. The molecule has 0 saturated carbocycles. The Hall–Kier alpha value is -0.550. The number of aromatic nitrogens is 2. The molecule has 1 aromatic heterocycles. The Labute approximate surface area is 124 Å². The molecule has 1 fully saturated rings. The van der Waals surface area contributed by atoms with Gasteiger partial charge < -0.3 is 9.80 Å². The number of rotatable bonds is 4. The maximum absolute atomic E-state index is 4.56. The van der Waals surface area contributed by atoms with Crippen molar-refractivity contribution in [2.24, 2.45) is 7.05 Å². The Kier molecular flexibility index (Phi) is 4.90. The van der Waals surface area contributed by atoms with Gasteiger partial charge in [0.1, 0.15) is 5.82 Å². The minimum Gasteiger partial charge on any atom is -0.357 e. The minimum absolute atomic E-state index is 0.635. The number of aryl methyl sites for hydroxylation is 2. The van der Waals surface area contributed by atoms with Crippen molar-refractivity contribution < 1.29 is 0 Å². The van der Waals surface area contributed by atoms with E-state index in [-0.39, 0.29) is 0 Å². The van der Waals surface area contributed by atoms with E-state index >= 15 is 0 Å². The molecule has 108 valence electrons. The molecule has 0 amide bonds. The number of hydrogen-bond donors (Lipinski definition) is 0. The zero-order valence-electron chi connectivity index (χ0n) is 12.5. The lowest BCUT2D eigenvalue weighted by molar-refractivity contribution is 0.220. The summed E-state index contributed by atoms with van der Waals surface area (Å²) in [6.45, 7) is 7.94. The summed E-state index contributed by atoms with van der Waals surface area (Å²) in [4.78, 5) is 4.97. The summed E-state index contributed by atoms with van der Waals surface area (Å²) in [6.07, 6.45) is 2.49. The average molecular weight is 329 g/mol. The van der Waals surface area contributed by atoms with Crippen LogP contribution in [0.25, 0.3) is 0 Å². The van der Waals surface area contributed by atoms with Gasteiger partial charge in [-0.2, -0.15) is 5.10 Å². The van der Waals surface area contributed by atoms with Crippen LogP contribution in [0.5, 0.6) is 0 Å². The minimum atomic E-state index is 0.635. The summed E-state index contributed by atoms with van der Waals surface area (Å²) in [5.74, 6) is 1.27. The zero-order chi connectivity index (χ0) is 14.0. The van der Waals surface area contributed by atoms with Crippen molar-refractivity contribution in [1.82, 2.24) is 14.7 Å². The Morgan fingerprint density at radius 2 is 2.00 bits per heavy atom. The summed E-state index contributed by atoms with van der Waals surface area (Å²) >= 11 is 3.60. The quantitative estimate of drug-likeness (QED) is 0.794. The predicted octanol–water partition coefficient (Wildman–Crippen LogP) is 2.54. The molecule has 0 aliphatic carbocycles. The van der Waals surface area contributed by atoms with Crippen LogP contribution in [0.4, 0.5) is 5.82 Å². The third-order valence-corrected chi connectivity index (χ3v) is 4.89. The lowest BCUT2D eigenvalue weighted by Crippen LogP contribution is -2.44. The molecule has 5 heteroatoms. The maximum atomic E-state index is 4.56. The standard InChI is InChI=1S/C14H25BrN4/c1-5-19-8-6-12(7-9-19)17(3)14-13(10-15)11(2)16-18(14)4/h12H,5-10H2,1-4H3. The van der Waals surface area contributed by atoms with Gasteiger partial charge in [-0.25, -0.2) is 0 Å². The van der Waals surface area contributed by atoms with Crippen LogP contribution in [0.1, 0.15) is 31.0 Å². The molecule has 2 heterocycles. The van der Waals surface area contributed by atoms with Crippen molar-refractivity contribution in [3.8, 4) is 0 Å². The fraction of sp³-hybridized carbons (Fsp3) is 0.786. The summed E-state index contributed by atoms with van der Waals surface area (Å²) in [5.41, 5.74) is 2.45. The lowest BCUT2D eigenvalue weighted by Gasteiger charge is -2.37. The van der Waals surface area contributed by atoms with Gasteiger partial charge in [-0.05, 0) is 26.3 Å². The first-order valence-electron chi connectivity index (χ1n) is 7.12. The van der Waals surface area contributed by atoms with E-state index in [1.54, 1.807) is 0 Å². The van der Waals surface area contributed by atoms with Crippen LogP contribution in [0.15, 0.2) is 0 Å². The van der Waals surface area contributed by atoms with Crippen molar-refractivity contribution in [2.45, 2.75) is 38.1 Å². The monoisotopic (exact) mass is 328 g/mol. The number of hydrogen-bond acceptors (Lipinski definition) is 3. The normalized spacial score (nSPS) is 17.9. The molecule has 0 N–H and O–H groups in total. The number of anilines is 1. The van der Waals surface area contributed by atoms with Crippen molar-refractivity contribution in [3.63, 3.8) is 0 Å². The van der Waals surface area contributed by atoms with Crippen molar-refractivity contribution in [2.75, 3.05) is 31.6 Å². The maximum Gasteiger partial charge on any atom is 0.130 e. The smallest absolute Gasteiger partial charge is 0.130 e. The molecule has 1 aromatic rings. The van der Waals surface area contributed by atoms with Crippen LogP contribution < -0.4 is 4.90 Å². The van der Waals surface area contributed by atoms with E-state index in [0.29, 0.717) is 6.04 Å². The van der Waals surface area contributed by atoms with Gasteiger partial charge in [-0.1, -0.05) is 22.9 Å². The summed E-state index contributed by atoms with van der Waals surface area (Å²) in [7, 11) is 4.26. The summed E-state index contributed by atoms with van der Waals surface area (Å²) in [5, 5.41) is 5.44. The zero-order valence-corrected chi connectivity index (χ0v) is 14.1. The van der Waals surface area contributed by atoms with Gasteiger partial charge in [0.05, 0.1) is 5.69 Å². The van der Waals surface area contributed by atoms with Crippen molar-refractivity contribution in [1.29, 1.82) is 0 Å².